The second-order valence-electron chi connectivity index (χ2n) is 4.85. The van der Waals surface area contributed by atoms with Gasteiger partial charge < -0.3 is 0 Å². The van der Waals surface area contributed by atoms with Gasteiger partial charge in [-0.1, -0.05) is 43.0 Å². The maximum absolute atomic E-state index is 6.07. The van der Waals surface area contributed by atoms with E-state index in [0.717, 1.165) is 5.56 Å². The summed E-state index contributed by atoms with van der Waals surface area (Å²) in [5.41, 5.74) is 3.63. The molecule has 0 nitrogen and oxygen atoms in total. The molecule has 0 bridgehead atoms. The Bertz CT molecular complexity index is 784. The number of hydrogen-bond donors (Lipinski definition) is 0. The van der Waals surface area contributed by atoms with Gasteiger partial charge in [-0.25, -0.2) is 0 Å². The molecule has 0 atom stereocenters. The normalized spacial score (nSPS) is 11.1. The summed E-state index contributed by atoms with van der Waals surface area (Å²) in [6.07, 6.45) is 1.90. The fraction of sp³-hybridized carbons (Fsp3) is 0.111. The van der Waals surface area contributed by atoms with Crippen LogP contribution in [-0.4, -0.2) is 0 Å². The molecule has 0 aliphatic carbocycles. The van der Waals surface area contributed by atoms with E-state index in [1.165, 1.54) is 32.7 Å². The van der Waals surface area contributed by atoms with Crippen LogP contribution in [0.25, 0.3) is 27.6 Å². The van der Waals surface area contributed by atoms with Crippen molar-refractivity contribution in [2.75, 3.05) is 0 Å². The van der Waals surface area contributed by atoms with Crippen LogP contribution in [0.1, 0.15) is 16.7 Å². The van der Waals surface area contributed by atoms with Crippen LogP contribution < -0.4 is 0 Å². The highest BCUT2D eigenvalue weighted by molar-refractivity contribution is 6.18. The van der Waals surface area contributed by atoms with Crippen LogP contribution in [0.3, 0.4) is 0 Å². The number of halogens is 1. The second kappa shape index (κ2) is 4.71. The molecule has 0 N–H and O–H groups in total. The number of benzene rings is 3. The van der Waals surface area contributed by atoms with Gasteiger partial charge in [0.2, 0.25) is 0 Å². The van der Waals surface area contributed by atoms with Gasteiger partial charge in [-0.15, -0.1) is 11.6 Å². The molecule has 0 aromatic heterocycles. The molecule has 0 aliphatic heterocycles. The minimum atomic E-state index is 0.533. The monoisotopic (exact) mass is 266 g/mol. The summed E-state index contributed by atoms with van der Waals surface area (Å²) >= 11 is 6.07. The van der Waals surface area contributed by atoms with Crippen molar-refractivity contribution in [3.05, 3.63) is 65.7 Å². The molecule has 0 fully saturated rings. The topological polar surface area (TPSA) is 0 Å². The Hall–Kier alpha value is -1.79. The minimum Gasteiger partial charge on any atom is -0.122 e. The predicted molar refractivity (Wildman–Crippen MR) is 85.8 cm³/mol. The van der Waals surface area contributed by atoms with Crippen molar-refractivity contribution in [1.29, 1.82) is 0 Å². The summed E-state index contributed by atoms with van der Waals surface area (Å²) in [5.74, 6) is 0.533. The van der Waals surface area contributed by atoms with Gasteiger partial charge in [0, 0.05) is 5.88 Å². The molecule has 0 aliphatic rings. The Balaban J connectivity index is 2.52. The highest BCUT2D eigenvalue weighted by Crippen LogP contribution is 2.31. The average Bonchev–Trinajstić information content (AvgIpc) is 2.45. The van der Waals surface area contributed by atoms with Gasteiger partial charge in [0.05, 0.1) is 0 Å². The van der Waals surface area contributed by atoms with E-state index in [1.54, 1.807) is 0 Å². The number of rotatable bonds is 2. The van der Waals surface area contributed by atoms with Crippen LogP contribution >= 0.6 is 11.6 Å². The predicted octanol–water partition coefficient (Wildman–Crippen LogP) is 5.68. The first kappa shape index (κ1) is 12.3. The quantitative estimate of drug-likeness (QED) is 0.413. The van der Waals surface area contributed by atoms with Crippen LogP contribution in [0, 0.1) is 6.92 Å². The van der Waals surface area contributed by atoms with Crippen molar-refractivity contribution >= 4 is 39.2 Å². The first-order valence-corrected chi connectivity index (χ1v) is 6.91. The van der Waals surface area contributed by atoms with E-state index < -0.39 is 0 Å². The molecule has 0 unspecified atom stereocenters. The zero-order valence-corrected chi connectivity index (χ0v) is 11.7. The number of hydrogen-bond acceptors (Lipinski definition) is 0. The Morgan fingerprint density at radius 1 is 1.05 bits per heavy atom. The first-order valence-electron chi connectivity index (χ1n) is 6.38. The Kier molecular flexibility index (Phi) is 3.04. The van der Waals surface area contributed by atoms with Gasteiger partial charge in [-0.3, -0.25) is 0 Å². The zero-order valence-electron chi connectivity index (χ0n) is 10.9. The molecule has 3 aromatic rings. The van der Waals surface area contributed by atoms with Crippen LogP contribution in [0.2, 0.25) is 0 Å². The number of fused-ring (bicyclic) bond motifs is 2. The van der Waals surface area contributed by atoms with Crippen LogP contribution in [0.5, 0.6) is 0 Å². The molecule has 19 heavy (non-hydrogen) atoms. The van der Waals surface area contributed by atoms with Gasteiger partial charge in [-0.05, 0) is 57.3 Å². The second-order valence-corrected chi connectivity index (χ2v) is 5.11. The van der Waals surface area contributed by atoms with E-state index in [-0.39, 0.29) is 0 Å². The third-order valence-corrected chi connectivity index (χ3v) is 4.01. The third-order valence-electron chi connectivity index (χ3n) is 3.72. The van der Waals surface area contributed by atoms with Gasteiger partial charge >= 0.3 is 0 Å². The van der Waals surface area contributed by atoms with E-state index in [0.29, 0.717) is 5.88 Å². The molecule has 0 amide bonds. The lowest BCUT2D eigenvalue weighted by Crippen LogP contribution is -1.87. The summed E-state index contributed by atoms with van der Waals surface area (Å²) in [6.45, 7) is 6.05. The van der Waals surface area contributed by atoms with E-state index >= 15 is 0 Å². The van der Waals surface area contributed by atoms with Crippen LogP contribution in [0.4, 0.5) is 0 Å². The molecule has 3 aromatic carbocycles. The molecule has 1 heteroatoms. The molecule has 3 rings (SSSR count). The van der Waals surface area contributed by atoms with Crippen molar-refractivity contribution in [2.45, 2.75) is 12.8 Å². The highest BCUT2D eigenvalue weighted by atomic mass is 35.5. The third kappa shape index (κ3) is 1.93. The van der Waals surface area contributed by atoms with Gasteiger partial charge in [0.25, 0.3) is 0 Å². The van der Waals surface area contributed by atoms with Gasteiger partial charge in [-0.2, -0.15) is 0 Å². The Labute approximate surface area is 118 Å². The molecule has 0 radical (unpaired) electrons. The Morgan fingerprint density at radius 2 is 1.89 bits per heavy atom. The summed E-state index contributed by atoms with van der Waals surface area (Å²) in [6, 6.07) is 15.1. The molecule has 0 saturated carbocycles. The minimum absolute atomic E-state index is 0.533. The SMILES string of the molecule is C=Cc1ccc(CCl)c2cc3c(C)cccc3cc12. The number of alkyl halides is 1. The average molecular weight is 267 g/mol. The fourth-order valence-corrected chi connectivity index (χ4v) is 2.88. The lowest BCUT2D eigenvalue weighted by molar-refractivity contribution is 1.45. The van der Waals surface area contributed by atoms with Crippen molar-refractivity contribution < 1.29 is 0 Å². The van der Waals surface area contributed by atoms with Gasteiger partial charge in [0.1, 0.15) is 0 Å². The molecular weight excluding hydrogens is 252 g/mol. The summed E-state index contributed by atoms with van der Waals surface area (Å²) in [4.78, 5) is 0. The lowest BCUT2D eigenvalue weighted by Gasteiger charge is -2.10. The zero-order chi connectivity index (χ0) is 13.4. The van der Waals surface area contributed by atoms with Gasteiger partial charge in [0.15, 0.2) is 0 Å². The number of aryl methyl sites for hydroxylation is 1. The van der Waals surface area contributed by atoms with Crippen molar-refractivity contribution in [2.24, 2.45) is 0 Å². The van der Waals surface area contributed by atoms with Crippen LogP contribution in [0.15, 0.2) is 49.0 Å². The molecule has 0 spiro atoms. The van der Waals surface area contributed by atoms with Crippen LogP contribution in [-0.2, 0) is 5.88 Å². The van der Waals surface area contributed by atoms with E-state index in [4.69, 9.17) is 11.6 Å². The largest absolute Gasteiger partial charge is 0.122 e. The maximum Gasteiger partial charge on any atom is 0.0480 e. The Morgan fingerprint density at radius 3 is 2.63 bits per heavy atom. The summed E-state index contributed by atoms with van der Waals surface area (Å²) in [7, 11) is 0. The first-order chi connectivity index (χ1) is 9.24. The van der Waals surface area contributed by atoms with Crippen molar-refractivity contribution in [3.63, 3.8) is 0 Å². The smallest absolute Gasteiger partial charge is 0.0480 e. The van der Waals surface area contributed by atoms with E-state index in [2.05, 4.69) is 56.0 Å². The lowest BCUT2D eigenvalue weighted by atomic mass is 9.95. The van der Waals surface area contributed by atoms with Crippen molar-refractivity contribution in [3.8, 4) is 0 Å². The molecule has 0 saturated heterocycles. The summed E-state index contributed by atoms with van der Waals surface area (Å²) in [5, 5.41) is 5.02. The van der Waals surface area contributed by atoms with E-state index in [9.17, 15) is 0 Å². The fourth-order valence-electron chi connectivity index (χ4n) is 2.65. The molecule has 94 valence electrons. The maximum atomic E-state index is 6.07. The highest BCUT2D eigenvalue weighted by Gasteiger charge is 2.06. The molecular formula is C18H15Cl. The van der Waals surface area contributed by atoms with E-state index in [1.807, 2.05) is 6.08 Å². The molecule has 0 heterocycles. The summed E-state index contributed by atoms with van der Waals surface area (Å²) < 4.78 is 0. The van der Waals surface area contributed by atoms with Crippen molar-refractivity contribution in [1.82, 2.24) is 0 Å². The standard InChI is InChI=1S/C18H15Cl/c1-3-13-7-8-15(11-19)18-10-16-12(2)5-4-6-14(16)9-17(13)18/h3-10H,1,11H2,2H3.